The van der Waals surface area contributed by atoms with E-state index >= 15 is 0 Å². The molecule has 0 radical (unpaired) electrons. The van der Waals surface area contributed by atoms with E-state index in [4.69, 9.17) is 4.74 Å². The quantitative estimate of drug-likeness (QED) is 0.386. The number of nitrogens with one attached hydrogen (secondary N) is 2. The lowest BCUT2D eigenvalue weighted by atomic mass is 10.2. The zero-order chi connectivity index (χ0) is 26.1. The van der Waals surface area contributed by atoms with Gasteiger partial charge in [0.2, 0.25) is 11.8 Å². The maximum absolute atomic E-state index is 13.3. The van der Waals surface area contributed by atoms with Crippen LogP contribution in [0.15, 0.2) is 30.9 Å². The van der Waals surface area contributed by atoms with E-state index < -0.39 is 0 Å². The van der Waals surface area contributed by atoms with Gasteiger partial charge in [0.25, 0.3) is 5.91 Å². The van der Waals surface area contributed by atoms with E-state index in [0.29, 0.717) is 35.8 Å². The van der Waals surface area contributed by atoms with Crippen molar-refractivity contribution < 1.29 is 14.3 Å². The number of rotatable bonds is 6. The van der Waals surface area contributed by atoms with Gasteiger partial charge in [0, 0.05) is 19.2 Å². The molecule has 2 aliphatic heterocycles. The van der Waals surface area contributed by atoms with Crippen molar-refractivity contribution in [2.75, 3.05) is 36.9 Å². The molecule has 6 rings (SSSR count). The summed E-state index contributed by atoms with van der Waals surface area (Å²) in [6, 6.07) is 1.75. The van der Waals surface area contributed by atoms with Crippen LogP contribution in [0.4, 0.5) is 11.4 Å². The third-order valence-electron chi connectivity index (χ3n) is 6.93. The predicted octanol–water partition coefficient (Wildman–Crippen LogP) is 3.81. The molecule has 0 spiro atoms. The van der Waals surface area contributed by atoms with Gasteiger partial charge in [-0.05, 0) is 38.9 Å². The Morgan fingerprint density at radius 2 is 1.87 bits per heavy atom. The van der Waals surface area contributed by atoms with E-state index in [1.807, 2.05) is 17.8 Å². The average Bonchev–Trinajstić information content (AvgIpc) is 3.56. The van der Waals surface area contributed by atoms with Crippen molar-refractivity contribution in [3.05, 3.63) is 42.1 Å². The minimum absolute atomic E-state index is 0.0781. The second-order valence-electron chi connectivity index (χ2n) is 9.74. The minimum atomic E-state index is -0.292. The number of aromatic nitrogens is 5. The van der Waals surface area contributed by atoms with Gasteiger partial charge in [0.1, 0.15) is 4.83 Å². The maximum atomic E-state index is 13.3. The van der Waals surface area contributed by atoms with E-state index in [1.54, 1.807) is 29.2 Å². The SMILES string of the molecule is Cc1ncc(NC(=O)CN2CCCCCC2)cc1NC(=O)c1cnn2cc(-c3cnn4c3OCCC4)sc12. The van der Waals surface area contributed by atoms with Gasteiger partial charge < -0.3 is 15.4 Å². The monoisotopic (exact) mass is 534 g/mol. The van der Waals surface area contributed by atoms with Crippen molar-refractivity contribution in [3.63, 3.8) is 0 Å². The smallest absolute Gasteiger partial charge is 0.260 e. The number of nitrogens with zero attached hydrogens (tertiary/aromatic N) is 6. The molecule has 38 heavy (non-hydrogen) atoms. The van der Waals surface area contributed by atoms with Crippen LogP contribution < -0.4 is 15.4 Å². The third-order valence-corrected chi connectivity index (χ3v) is 8.08. The first-order chi connectivity index (χ1) is 18.5. The molecular weight excluding hydrogens is 504 g/mol. The van der Waals surface area contributed by atoms with Crippen molar-refractivity contribution in [3.8, 4) is 16.3 Å². The van der Waals surface area contributed by atoms with Crippen LogP contribution in [-0.4, -0.2) is 67.3 Å². The van der Waals surface area contributed by atoms with Crippen LogP contribution in [0.5, 0.6) is 5.88 Å². The normalized spacial score (nSPS) is 16.0. The molecular formula is C26H30N8O3S. The highest BCUT2D eigenvalue weighted by Gasteiger charge is 2.22. The Kier molecular flexibility index (Phi) is 6.81. The molecule has 1 fully saturated rings. The first-order valence-corrected chi connectivity index (χ1v) is 13.8. The summed E-state index contributed by atoms with van der Waals surface area (Å²) in [4.78, 5) is 34.1. The summed E-state index contributed by atoms with van der Waals surface area (Å²) in [5.41, 5.74) is 3.10. The average molecular weight is 535 g/mol. The largest absolute Gasteiger partial charge is 0.477 e. The molecule has 198 valence electrons. The number of carbonyl (C=O) groups excluding carboxylic acids is 2. The molecule has 12 heteroatoms. The molecule has 0 aliphatic carbocycles. The van der Waals surface area contributed by atoms with Crippen LogP contribution >= 0.6 is 11.3 Å². The topological polar surface area (TPSA) is 119 Å². The molecule has 2 N–H and O–H groups in total. The van der Waals surface area contributed by atoms with Crippen molar-refractivity contribution >= 4 is 39.4 Å². The second-order valence-corrected chi connectivity index (χ2v) is 10.8. The summed E-state index contributed by atoms with van der Waals surface area (Å²) in [6.45, 7) is 5.57. The molecule has 4 aromatic heterocycles. The molecule has 6 heterocycles. The molecule has 2 aliphatic rings. The Morgan fingerprint density at radius 1 is 1.03 bits per heavy atom. The summed E-state index contributed by atoms with van der Waals surface area (Å²) in [6.07, 6.45) is 12.5. The van der Waals surface area contributed by atoms with Crippen LogP contribution in [0.2, 0.25) is 0 Å². The Bertz CT molecular complexity index is 1480. The summed E-state index contributed by atoms with van der Waals surface area (Å²) in [7, 11) is 0. The van der Waals surface area contributed by atoms with E-state index in [-0.39, 0.29) is 11.8 Å². The fraction of sp³-hybridized carbons (Fsp3) is 0.423. The van der Waals surface area contributed by atoms with Crippen molar-refractivity contribution in [1.82, 2.24) is 29.3 Å². The predicted molar refractivity (Wildman–Crippen MR) is 145 cm³/mol. The fourth-order valence-corrected chi connectivity index (χ4v) is 5.98. The molecule has 0 atom stereocenters. The zero-order valence-corrected chi connectivity index (χ0v) is 22.1. The summed E-state index contributed by atoms with van der Waals surface area (Å²) < 4.78 is 9.40. The van der Waals surface area contributed by atoms with E-state index in [1.165, 1.54) is 24.2 Å². The number of amides is 2. The molecule has 0 saturated carbocycles. The number of carbonyl (C=O) groups is 2. The Hall–Kier alpha value is -3.77. The number of hydrogen-bond acceptors (Lipinski definition) is 8. The lowest BCUT2D eigenvalue weighted by Crippen LogP contribution is -2.34. The van der Waals surface area contributed by atoms with Gasteiger partial charge in [0.05, 0.1) is 64.8 Å². The Labute approximate surface area is 223 Å². The number of pyridine rings is 1. The highest BCUT2D eigenvalue weighted by atomic mass is 32.1. The van der Waals surface area contributed by atoms with Crippen molar-refractivity contribution in [2.24, 2.45) is 0 Å². The first kappa shape index (κ1) is 24.6. The molecule has 4 aromatic rings. The van der Waals surface area contributed by atoms with Crippen LogP contribution in [0.3, 0.4) is 0 Å². The van der Waals surface area contributed by atoms with Gasteiger partial charge in [-0.25, -0.2) is 9.20 Å². The second kappa shape index (κ2) is 10.5. The van der Waals surface area contributed by atoms with Crippen LogP contribution in [0.1, 0.15) is 48.2 Å². The van der Waals surface area contributed by atoms with Crippen molar-refractivity contribution in [1.29, 1.82) is 0 Å². The van der Waals surface area contributed by atoms with Gasteiger partial charge in [0.15, 0.2) is 0 Å². The van der Waals surface area contributed by atoms with Crippen LogP contribution in [0, 0.1) is 6.92 Å². The lowest BCUT2D eigenvalue weighted by molar-refractivity contribution is -0.117. The molecule has 0 unspecified atom stereocenters. The number of fused-ring (bicyclic) bond motifs is 2. The fourth-order valence-electron chi connectivity index (χ4n) is 4.92. The van der Waals surface area contributed by atoms with E-state index in [9.17, 15) is 9.59 Å². The van der Waals surface area contributed by atoms with Crippen LogP contribution in [-0.2, 0) is 11.3 Å². The first-order valence-electron chi connectivity index (χ1n) is 13.0. The van der Waals surface area contributed by atoms with Gasteiger partial charge in [-0.3, -0.25) is 19.5 Å². The molecule has 1 saturated heterocycles. The number of ether oxygens (including phenoxy) is 1. The number of likely N-dealkylation sites (tertiary alicyclic amines) is 1. The van der Waals surface area contributed by atoms with Gasteiger partial charge in [-0.1, -0.05) is 12.8 Å². The zero-order valence-electron chi connectivity index (χ0n) is 21.3. The standard InChI is InChI=1S/C26H30N8O3S/c1-17-21(11-18(12-27-17)30-23(35)16-32-7-4-2-3-5-8-32)31-24(36)20-14-29-34-15-22(38-26(20)34)19-13-28-33-9-6-10-37-25(19)33/h11-15H,2-10,16H2,1H3,(H,30,35)(H,31,36). The van der Waals surface area contributed by atoms with Crippen molar-refractivity contribution in [2.45, 2.75) is 45.6 Å². The summed E-state index contributed by atoms with van der Waals surface area (Å²) in [5.74, 6) is 0.383. The number of hydrogen-bond donors (Lipinski definition) is 2. The highest BCUT2D eigenvalue weighted by molar-refractivity contribution is 7.21. The molecule has 0 bridgehead atoms. The van der Waals surface area contributed by atoms with Gasteiger partial charge in [-0.2, -0.15) is 10.2 Å². The van der Waals surface area contributed by atoms with E-state index in [2.05, 4.69) is 30.7 Å². The number of aryl methyl sites for hydroxylation is 2. The van der Waals surface area contributed by atoms with Gasteiger partial charge in [-0.15, -0.1) is 11.3 Å². The van der Waals surface area contributed by atoms with Crippen LogP contribution in [0.25, 0.3) is 15.3 Å². The summed E-state index contributed by atoms with van der Waals surface area (Å²) >= 11 is 1.46. The van der Waals surface area contributed by atoms with Gasteiger partial charge >= 0.3 is 0 Å². The minimum Gasteiger partial charge on any atom is -0.477 e. The molecule has 11 nitrogen and oxygen atoms in total. The molecule has 0 aromatic carbocycles. The number of thiazole rings is 1. The number of anilines is 2. The maximum Gasteiger partial charge on any atom is 0.260 e. The third kappa shape index (κ3) is 5.01. The lowest BCUT2D eigenvalue weighted by Gasteiger charge is -2.19. The Balaban J connectivity index is 1.17. The molecule has 2 amide bonds. The van der Waals surface area contributed by atoms with E-state index in [0.717, 1.165) is 60.0 Å². The highest BCUT2D eigenvalue weighted by Crippen LogP contribution is 2.37. The Morgan fingerprint density at radius 3 is 2.71 bits per heavy atom. The summed E-state index contributed by atoms with van der Waals surface area (Å²) in [5, 5.41) is 14.7.